The lowest BCUT2D eigenvalue weighted by Crippen LogP contribution is -2.50. The number of hydrogen-bond donors (Lipinski definition) is 2. The zero-order valence-electron chi connectivity index (χ0n) is 16.1. The number of nitrogens with one attached hydrogen (secondary N) is 1. The van der Waals surface area contributed by atoms with Gasteiger partial charge in [0.05, 0.1) is 19.1 Å². The fraction of sp³-hybridized carbons (Fsp3) is 0.550. The summed E-state index contributed by atoms with van der Waals surface area (Å²) in [6.07, 6.45) is 2.41. The number of carboxylic acids is 1. The molecule has 3 atom stereocenters. The van der Waals surface area contributed by atoms with Crippen molar-refractivity contribution < 1.29 is 24.2 Å². The number of amides is 2. The predicted octanol–water partition coefficient (Wildman–Crippen LogP) is 2.36. The molecule has 0 aliphatic carbocycles. The Morgan fingerprint density at radius 1 is 1.37 bits per heavy atom. The normalized spacial score (nSPS) is 20.9. The summed E-state index contributed by atoms with van der Waals surface area (Å²) in [5.74, 6) is -1.35. The van der Waals surface area contributed by atoms with Gasteiger partial charge in [-0.05, 0) is 25.8 Å². The molecular weight excluding hydrogens is 348 g/mol. The molecule has 1 saturated heterocycles. The average molecular weight is 376 g/mol. The predicted molar refractivity (Wildman–Crippen MR) is 100 cm³/mol. The lowest BCUT2D eigenvalue weighted by atomic mass is 9.82. The molecular formula is C20H28N2O5. The first kappa shape index (κ1) is 20.7. The molecule has 2 rings (SSSR count). The molecule has 1 aliphatic rings. The molecule has 1 aromatic rings. The van der Waals surface area contributed by atoms with Gasteiger partial charge in [-0.1, -0.05) is 31.5 Å². The van der Waals surface area contributed by atoms with Gasteiger partial charge < -0.3 is 20.1 Å². The third kappa shape index (κ3) is 4.78. The van der Waals surface area contributed by atoms with Gasteiger partial charge in [-0.3, -0.25) is 14.4 Å². The number of unbranched alkanes of at least 4 members (excludes halogenated alkanes) is 1. The van der Waals surface area contributed by atoms with E-state index in [9.17, 15) is 14.4 Å². The zero-order valence-corrected chi connectivity index (χ0v) is 16.1. The van der Waals surface area contributed by atoms with Crippen LogP contribution in [0.25, 0.3) is 0 Å². The molecule has 1 fully saturated rings. The molecule has 0 saturated carbocycles. The number of piperidine rings is 1. The second-order valence-electron chi connectivity index (χ2n) is 6.84. The van der Waals surface area contributed by atoms with Gasteiger partial charge in [0, 0.05) is 18.5 Å². The Balaban J connectivity index is 2.42. The number of carboxylic acid groups (broad SMARTS) is 1. The third-order valence-corrected chi connectivity index (χ3v) is 4.98. The Morgan fingerprint density at radius 2 is 2.07 bits per heavy atom. The number of carbonyl (C=O) groups excluding carboxylic acids is 2. The first-order chi connectivity index (χ1) is 12.9. The highest BCUT2D eigenvalue weighted by atomic mass is 16.5. The maximum atomic E-state index is 12.9. The standard InChI is InChI=1S/C20H28N2O5/c1-4-5-12-22-17(23)11-10-15(19(24)21-13(2)20(25)26)18(22)14-8-6-7-9-16(14)27-3/h6-9,13,15,18H,4-5,10-12H2,1-3H3,(H,21,24)(H,25,26). The first-order valence-electron chi connectivity index (χ1n) is 9.36. The van der Waals surface area contributed by atoms with Crippen molar-refractivity contribution in [2.24, 2.45) is 5.92 Å². The molecule has 0 aromatic heterocycles. The zero-order chi connectivity index (χ0) is 20.0. The Morgan fingerprint density at radius 3 is 2.70 bits per heavy atom. The average Bonchev–Trinajstić information content (AvgIpc) is 2.66. The molecule has 0 bridgehead atoms. The van der Waals surface area contributed by atoms with E-state index in [1.807, 2.05) is 25.1 Å². The number of rotatable bonds is 8. The van der Waals surface area contributed by atoms with Crippen molar-refractivity contribution in [2.75, 3.05) is 13.7 Å². The number of ether oxygens (including phenoxy) is 1. The Hall–Kier alpha value is -2.57. The van der Waals surface area contributed by atoms with Crippen molar-refractivity contribution in [1.29, 1.82) is 0 Å². The van der Waals surface area contributed by atoms with Crippen molar-refractivity contribution >= 4 is 17.8 Å². The van der Waals surface area contributed by atoms with Crippen LogP contribution in [0.4, 0.5) is 0 Å². The summed E-state index contributed by atoms with van der Waals surface area (Å²) in [5.41, 5.74) is 0.771. The summed E-state index contributed by atoms with van der Waals surface area (Å²) < 4.78 is 5.47. The van der Waals surface area contributed by atoms with Crippen molar-refractivity contribution in [2.45, 2.75) is 51.6 Å². The topological polar surface area (TPSA) is 95.9 Å². The van der Waals surface area contributed by atoms with Gasteiger partial charge in [0.15, 0.2) is 0 Å². The molecule has 3 unspecified atom stereocenters. The quantitative estimate of drug-likeness (QED) is 0.726. The van der Waals surface area contributed by atoms with Crippen LogP contribution in [0.5, 0.6) is 5.75 Å². The summed E-state index contributed by atoms with van der Waals surface area (Å²) >= 11 is 0. The van der Waals surface area contributed by atoms with E-state index < -0.39 is 24.0 Å². The van der Waals surface area contributed by atoms with Crippen LogP contribution in [0.2, 0.25) is 0 Å². The Labute approximate surface area is 159 Å². The number of aliphatic carboxylic acids is 1. The maximum absolute atomic E-state index is 12.9. The van der Waals surface area contributed by atoms with Crippen LogP contribution in [0, 0.1) is 5.92 Å². The molecule has 1 aliphatic heterocycles. The Kier molecular flexibility index (Phi) is 7.21. The number of para-hydroxylation sites is 1. The van der Waals surface area contributed by atoms with Gasteiger partial charge in [-0.25, -0.2) is 0 Å². The van der Waals surface area contributed by atoms with Gasteiger partial charge in [0.2, 0.25) is 11.8 Å². The number of carbonyl (C=O) groups is 3. The fourth-order valence-corrected chi connectivity index (χ4v) is 3.50. The van der Waals surface area contributed by atoms with Crippen LogP contribution < -0.4 is 10.1 Å². The maximum Gasteiger partial charge on any atom is 0.325 e. The molecule has 0 spiro atoms. The van der Waals surface area contributed by atoms with Crippen molar-refractivity contribution in [1.82, 2.24) is 10.2 Å². The van der Waals surface area contributed by atoms with Gasteiger partial charge >= 0.3 is 5.97 Å². The highest BCUT2D eigenvalue weighted by Gasteiger charge is 2.42. The van der Waals surface area contributed by atoms with Crippen LogP contribution >= 0.6 is 0 Å². The number of methoxy groups -OCH3 is 1. The number of likely N-dealkylation sites (tertiary alicyclic amines) is 1. The summed E-state index contributed by atoms with van der Waals surface area (Å²) in [6.45, 7) is 4.03. The number of nitrogens with zero attached hydrogens (tertiary/aromatic N) is 1. The van der Waals surface area contributed by atoms with E-state index in [0.717, 1.165) is 18.4 Å². The minimum Gasteiger partial charge on any atom is -0.496 e. The van der Waals surface area contributed by atoms with E-state index in [0.29, 0.717) is 18.7 Å². The molecule has 27 heavy (non-hydrogen) atoms. The molecule has 148 valence electrons. The lowest BCUT2D eigenvalue weighted by molar-refractivity contribution is -0.147. The third-order valence-electron chi connectivity index (χ3n) is 4.98. The summed E-state index contributed by atoms with van der Waals surface area (Å²) in [4.78, 5) is 38.4. The van der Waals surface area contributed by atoms with Crippen LogP contribution in [0.3, 0.4) is 0 Å². The minimum atomic E-state index is -1.09. The van der Waals surface area contributed by atoms with Gasteiger partial charge in [0.1, 0.15) is 11.8 Å². The highest BCUT2D eigenvalue weighted by Crippen LogP contribution is 2.40. The van der Waals surface area contributed by atoms with Gasteiger partial charge in [0.25, 0.3) is 0 Å². The van der Waals surface area contributed by atoms with Crippen molar-refractivity contribution in [3.8, 4) is 5.75 Å². The highest BCUT2D eigenvalue weighted by molar-refractivity contribution is 5.88. The van der Waals surface area contributed by atoms with E-state index >= 15 is 0 Å². The monoisotopic (exact) mass is 376 g/mol. The molecule has 2 N–H and O–H groups in total. The van der Waals surface area contributed by atoms with Crippen LogP contribution in [0.1, 0.15) is 51.1 Å². The molecule has 2 amide bonds. The van der Waals surface area contributed by atoms with Crippen molar-refractivity contribution in [3.05, 3.63) is 29.8 Å². The van der Waals surface area contributed by atoms with Crippen LogP contribution in [-0.2, 0) is 14.4 Å². The van der Waals surface area contributed by atoms with E-state index in [-0.39, 0.29) is 18.2 Å². The largest absolute Gasteiger partial charge is 0.496 e. The summed E-state index contributed by atoms with van der Waals surface area (Å²) in [6, 6.07) is 5.89. The first-order valence-corrected chi connectivity index (χ1v) is 9.36. The number of benzene rings is 1. The van der Waals surface area contributed by atoms with Gasteiger partial charge in [-0.15, -0.1) is 0 Å². The molecule has 1 heterocycles. The second kappa shape index (κ2) is 9.39. The minimum absolute atomic E-state index is 0.00897. The van der Waals surface area contributed by atoms with E-state index in [1.165, 1.54) is 6.92 Å². The smallest absolute Gasteiger partial charge is 0.325 e. The van der Waals surface area contributed by atoms with Crippen molar-refractivity contribution in [3.63, 3.8) is 0 Å². The molecule has 0 radical (unpaired) electrons. The van der Waals surface area contributed by atoms with E-state index in [4.69, 9.17) is 9.84 Å². The SMILES string of the molecule is CCCCN1C(=O)CCC(C(=O)NC(C)C(=O)O)C1c1ccccc1OC. The molecule has 1 aromatic carbocycles. The lowest BCUT2D eigenvalue weighted by Gasteiger charge is -2.41. The van der Waals surface area contributed by atoms with E-state index in [1.54, 1.807) is 18.1 Å². The van der Waals surface area contributed by atoms with E-state index in [2.05, 4.69) is 5.32 Å². The number of hydrogen-bond acceptors (Lipinski definition) is 4. The molecule has 7 heteroatoms. The Bertz CT molecular complexity index is 691. The summed E-state index contributed by atoms with van der Waals surface area (Å²) in [7, 11) is 1.56. The van der Waals surface area contributed by atoms with Crippen LogP contribution in [0.15, 0.2) is 24.3 Å². The second-order valence-corrected chi connectivity index (χ2v) is 6.84. The molecule has 7 nitrogen and oxygen atoms in total. The van der Waals surface area contributed by atoms with Gasteiger partial charge in [-0.2, -0.15) is 0 Å². The summed E-state index contributed by atoms with van der Waals surface area (Å²) in [5, 5.41) is 11.7. The van der Waals surface area contributed by atoms with Crippen LogP contribution in [-0.4, -0.2) is 47.5 Å². The fourth-order valence-electron chi connectivity index (χ4n) is 3.50.